The molecule has 1 fully saturated rings. The Kier molecular flexibility index (Phi) is 1.23. The molecule has 0 aromatic heterocycles. The lowest BCUT2D eigenvalue weighted by Gasteiger charge is -2.40. The highest BCUT2D eigenvalue weighted by atomic mass is 16.1. The first kappa shape index (κ1) is 6.53. The van der Waals surface area contributed by atoms with Crippen molar-refractivity contribution in [2.75, 3.05) is 0 Å². The number of Topliss-reactive ketones (excluding diaryl/α,β-unsaturated/α-hetero) is 1. The van der Waals surface area contributed by atoms with E-state index >= 15 is 0 Å². The van der Waals surface area contributed by atoms with Crippen molar-refractivity contribution in [1.82, 2.24) is 0 Å². The fourth-order valence-corrected chi connectivity index (χ4v) is 1.17. The van der Waals surface area contributed by atoms with Crippen LogP contribution >= 0.6 is 0 Å². The van der Waals surface area contributed by atoms with Crippen LogP contribution in [0.1, 0.15) is 20.3 Å². The fraction of sp³-hybridized carbons (Fsp3) is 0.625. The molecule has 50 valence electrons. The van der Waals surface area contributed by atoms with E-state index in [2.05, 4.69) is 13.5 Å². The third kappa shape index (κ3) is 0.640. The largest absolute Gasteiger partial charge is 0.299 e. The molecule has 2 atom stereocenters. The molecule has 0 amide bonds. The summed E-state index contributed by atoms with van der Waals surface area (Å²) in [5.74, 6) is 0.840. The average Bonchev–Trinajstić information content (AvgIpc) is 1.87. The van der Waals surface area contributed by atoms with Gasteiger partial charge in [0.2, 0.25) is 0 Å². The Bertz CT molecular complexity index is 160. The van der Waals surface area contributed by atoms with Gasteiger partial charge in [0.05, 0.1) is 0 Å². The summed E-state index contributed by atoms with van der Waals surface area (Å²) < 4.78 is 0. The molecule has 1 unspecified atom stereocenters. The Hall–Kier alpha value is -0.590. The van der Waals surface area contributed by atoms with Crippen molar-refractivity contribution in [2.24, 2.45) is 11.3 Å². The van der Waals surface area contributed by atoms with Crippen LogP contribution in [0.4, 0.5) is 0 Å². The summed E-state index contributed by atoms with van der Waals surface area (Å²) in [7, 11) is 0. The van der Waals surface area contributed by atoms with Gasteiger partial charge in [-0.1, -0.05) is 13.0 Å². The van der Waals surface area contributed by atoms with E-state index in [9.17, 15) is 4.79 Å². The van der Waals surface area contributed by atoms with Crippen LogP contribution in [0.5, 0.6) is 0 Å². The molecule has 0 radical (unpaired) electrons. The van der Waals surface area contributed by atoms with Gasteiger partial charge in [-0.15, -0.1) is 6.58 Å². The van der Waals surface area contributed by atoms with Crippen molar-refractivity contribution >= 4 is 5.78 Å². The van der Waals surface area contributed by atoms with E-state index in [1.807, 2.05) is 6.92 Å². The van der Waals surface area contributed by atoms with E-state index in [1.54, 1.807) is 6.08 Å². The monoisotopic (exact) mass is 124 g/mol. The molecule has 0 aromatic rings. The highest BCUT2D eigenvalue weighted by Gasteiger charge is 2.45. The van der Waals surface area contributed by atoms with Crippen molar-refractivity contribution in [3.05, 3.63) is 12.7 Å². The van der Waals surface area contributed by atoms with E-state index in [-0.39, 0.29) is 5.41 Å². The van der Waals surface area contributed by atoms with Crippen molar-refractivity contribution in [3.63, 3.8) is 0 Å². The molecule has 1 rings (SSSR count). The van der Waals surface area contributed by atoms with Crippen LogP contribution in [0.3, 0.4) is 0 Å². The summed E-state index contributed by atoms with van der Waals surface area (Å²) in [6.45, 7) is 7.68. The topological polar surface area (TPSA) is 17.1 Å². The second kappa shape index (κ2) is 1.69. The van der Waals surface area contributed by atoms with E-state index in [4.69, 9.17) is 0 Å². The van der Waals surface area contributed by atoms with Crippen LogP contribution in [0.2, 0.25) is 0 Å². The summed E-state index contributed by atoms with van der Waals surface area (Å²) in [6.07, 6.45) is 2.51. The summed E-state index contributed by atoms with van der Waals surface area (Å²) in [5, 5.41) is 0. The molecular formula is C8H12O. The van der Waals surface area contributed by atoms with Gasteiger partial charge in [0.15, 0.2) is 0 Å². The van der Waals surface area contributed by atoms with Crippen molar-refractivity contribution in [3.8, 4) is 0 Å². The molecule has 1 heteroatoms. The predicted octanol–water partition coefficient (Wildman–Crippen LogP) is 1.79. The smallest absolute Gasteiger partial charge is 0.143 e. The number of hydrogen-bond acceptors (Lipinski definition) is 1. The highest BCUT2D eigenvalue weighted by molar-refractivity contribution is 5.92. The highest BCUT2D eigenvalue weighted by Crippen LogP contribution is 2.43. The molecule has 0 spiro atoms. The number of rotatable bonds is 1. The second-order valence-electron chi connectivity index (χ2n) is 3.02. The Morgan fingerprint density at radius 1 is 1.89 bits per heavy atom. The van der Waals surface area contributed by atoms with Gasteiger partial charge in [-0.05, 0) is 12.8 Å². The number of carbonyl (C=O) groups is 1. The Balaban J connectivity index is 2.77. The number of allylic oxidation sites excluding steroid dienone is 1. The predicted molar refractivity (Wildman–Crippen MR) is 37.1 cm³/mol. The summed E-state index contributed by atoms with van der Waals surface area (Å²) in [5.41, 5.74) is -0.194. The number of ketones is 1. The zero-order valence-electron chi connectivity index (χ0n) is 5.98. The molecular weight excluding hydrogens is 112 g/mol. The first-order valence-corrected chi connectivity index (χ1v) is 3.28. The molecule has 1 saturated carbocycles. The van der Waals surface area contributed by atoms with E-state index in [0.29, 0.717) is 11.7 Å². The van der Waals surface area contributed by atoms with Crippen LogP contribution < -0.4 is 0 Å². The first-order chi connectivity index (χ1) is 4.11. The number of hydrogen-bond donors (Lipinski definition) is 0. The summed E-state index contributed by atoms with van der Waals surface area (Å²) in [6, 6.07) is 0. The lowest BCUT2D eigenvalue weighted by molar-refractivity contribution is -0.138. The number of carbonyl (C=O) groups excluding carboxylic acids is 1. The van der Waals surface area contributed by atoms with Crippen LogP contribution in [-0.2, 0) is 4.79 Å². The molecule has 0 saturated heterocycles. The third-order valence-electron chi connectivity index (χ3n) is 2.54. The van der Waals surface area contributed by atoms with Gasteiger partial charge >= 0.3 is 0 Å². The molecule has 0 aliphatic heterocycles. The molecule has 1 aliphatic rings. The van der Waals surface area contributed by atoms with Gasteiger partial charge in [0.25, 0.3) is 0 Å². The van der Waals surface area contributed by atoms with Crippen molar-refractivity contribution < 1.29 is 4.79 Å². The lowest BCUT2D eigenvalue weighted by Crippen LogP contribution is -2.44. The second-order valence-corrected chi connectivity index (χ2v) is 3.02. The van der Waals surface area contributed by atoms with Crippen LogP contribution in [0.15, 0.2) is 12.7 Å². The molecule has 0 aromatic carbocycles. The maximum absolute atomic E-state index is 10.9. The molecule has 1 nitrogen and oxygen atoms in total. The Morgan fingerprint density at radius 2 is 2.44 bits per heavy atom. The minimum absolute atomic E-state index is 0.194. The zero-order chi connectivity index (χ0) is 7.07. The van der Waals surface area contributed by atoms with Gasteiger partial charge in [-0.25, -0.2) is 0 Å². The maximum Gasteiger partial charge on any atom is 0.143 e. The zero-order valence-corrected chi connectivity index (χ0v) is 5.98. The quantitative estimate of drug-likeness (QED) is 0.487. The van der Waals surface area contributed by atoms with Crippen molar-refractivity contribution in [2.45, 2.75) is 20.3 Å². The molecule has 1 aliphatic carbocycles. The standard InChI is InChI=1S/C8H12O/c1-4-8(3)6(2)5-7(8)9/h4,6H,1,5H2,2-3H3/t6-,8?/m0/s1. The molecule has 0 N–H and O–H groups in total. The summed E-state index contributed by atoms with van der Waals surface area (Å²) in [4.78, 5) is 10.9. The molecule has 0 bridgehead atoms. The minimum Gasteiger partial charge on any atom is -0.299 e. The summed E-state index contributed by atoms with van der Waals surface area (Å²) >= 11 is 0. The maximum atomic E-state index is 10.9. The van der Waals surface area contributed by atoms with Crippen LogP contribution in [0, 0.1) is 11.3 Å². The fourth-order valence-electron chi connectivity index (χ4n) is 1.17. The van der Waals surface area contributed by atoms with Gasteiger partial charge in [0.1, 0.15) is 5.78 Å². The minimum atomic E-state index is -0.194. The van der Waals surface area contributed by atoms with E-state index in [1.165, 1.54) is 0 Å². The molecule has 0 heterocycles. The normalized spacial score (nSPS) is 42.0. The van der Waals surface area contributed by atoms with Gasteiger partial charge in [-0.3, -0.25) is 4.79 Å². The third-order valence-corrected chi connectivity index (χ3v) is 2.54. The van der Waals surface area contributed by atoms with Crippen LogP contribution in [-0.4, -0.2) is 5.78 Å². The van der Waals surface area contributed by atoms with E-state index < -0.39 is 0 Å². The average molecular weight is 124 g/mol. The Morgan fingerprint density at radius 3 is 2.56 bits per heavy atom. The van der Waals surface area contributed by atoms with Crippen LogP contribution in [0.25, 0.3) is 0 Å². The van der Waals surface area contributed by atoms with Gasteiger partial charge in [0, 0.05) is 11.8 Å². The first-order valence-electron chi connectivity index (χ1n) is 3.28. The van der Waals surface area contributed by atoms with Crippen molar-refractivity contribution in [1.29, 1.82) is 0 Å². The van der Waals surface area contributed by atoms with Gasteiger partial charge < -0.3 is 0 Å². The Labute approximate surface area is 55.8 Å². The van der Waals surface area contributed by atoms with E-state index in [0.717, 1.165) is 6.42 Å². The SMILES string of the molecule is C=CC1(C)C(=O)C[C@@H]1C. The molecule has 9 heavy (non-hydrogen) atoms. The lowest BCUT2D eigenvalue weighted by atomic mass is 9.61. The van der Waals surface area contributed by atoms with Gasteiger partial charge in [-0.2, -0.15) is 0 Å².